The first-order valence-electron chi connectivity index (χ1n) is 13.9. The van der Waals surface area contributed by atoms with Gasteiger partial charge in [0.15, 0.2) is 17.7 Å². The summed E-state index contributed by atoms with van der Waals surface area (Å²) in [7, 11) is 0. The topological polar surface area (TPSA) is 124 Å². The lowest BCUT2D eigenvalue weighted by atomic mass is 9.86. The number of rotatable bonds is 7. The highest BCUT2D eigenvalue weighted by Crippen LogP contribution is 2.51. The first kappa shape index (κ1) is 30.1. The second-order valence-electron chi connectivity index (χ2n) is 9.86. The van der Waals surface area contributed by atoms with Crippen molar-refractivity contribution in [3.63, 3.8) is 0 Å². The minimum atomic E-state index is -5.19. The summed E-state index contributed by atoms with van der Waals surface area (Å²) >= 11 is 0. The number of carbonyl (C=O) groups excluding carboxylic acids is 1. The first-order chi connectivity index (χ1) is 21.3. The highest BCUT2D eigenvalue weighted by atomic mass is 19.4. The Labute approximate surface area is 250 Å². The summed E-state index contributed by atoms with van der Waals surface area (Å²) < 4.78 is 46.5. The van der Waals surface area contributed by atoms with Crippen LogP contribution in [0.25, 0.3) is 21.6 Å². The van der Waals surface area contributed by atoms with E-state index in [0.29, 0.717) is 6.54 Å². The lowest BCUT2D eigenvalue weighted by Crippen LogP contribution is -2.39. The minimum Gasteiger partial charge on any atom is -0.542 e. The van der Waals surface area contributed by atoms with Crippen molar-refractivity contribution in [2.75, 3.05) is 6.54 Å². The standard InChI is InChI=1S/C30H26N5O2.C2HF3O2/c31-34-33-18-7-1-2-8-19-35-20-10-16-26-30(35)28(22-12-4-6-14-24(22)37-26)27-21-11-3-5-13-23(21)36-25-15-9-17-32-29(25)27;3-2(4,5)1(6)7/h3-6,9-17,20H,1-2,7-8,18-19H2;(H,6,7)/q+1;/p-1/b28-27-;. The van der Waals surface area contributed by atoms with Crippen LogP contribution in [0.2, 0.25) is 0 Å². The SMILES string of the molecule is O=C([O-])C(F)(F)F.[N-]=[N+]=NCCCCCC[n+]1cccc2c1/C(=C1/c3ccccc3Oc3cccnc31)c1ccccc1O2. The summed E-state index contributed by atoms with van der Waals surface area (Å²) in [6.45, 7) is 1.40. The predicted octanol–water partition coefficient (Wildman–Crippen LogP) is 6.76. The van der Waals surface area contributed by atoms with Gasteiger partial charge in [0.2, 0.25) is 0 Å². The summed E-state index contributed by atoms with van der Waals surface area (Å²) in [5.74, 6) is 0.214. The van der Waals surface area contributed by atoms with Crippen molar-refractivity contribution < 1.29 is 37.1 Å². The molecule has 2 aromatic carbocycles. The van der Waals surface area contributed by atoms with E-state index in [-0.39, 0.29) is 0 Å². The number of azide groups is 1. The van der Waals surface area contributed by atoms with Gasteiger partial charge >= 0.3 is 6.18 Å². The molecule has 0 spiro atoms. The molecule has 4 aromatic rings. The average Bonchev–Trinajstić information content (AvgIpc) is 3.02. The number of carboxylic acids is 1. The number of pyridine rings is 2. The van der Waals surface area contributed by atoms with E-state index in [1.807, 2.05) is 60.8 Å². The maximum absolute atomic E-state index is 10.5. The third kappa shape index (κ3) is 6.50. The van der Waals surface area contributed by atoms with Crippen LogP contribution in [0.3, 0.4) is 0 Å². The quantitative estimate of drug-likeness (QED) is 0.0658. The van der Waals surface area contributed by atoms with Crippen LogP contribution in [0.1, 0.15) is 48.2 Å². The number of hydrogen-bond acceptors (Lipinski definition) is 6. The van der Waals surface area contributed by atoms with Gasteiger partial charge in [-0.15, -0.1) is 0 Å². The number of unbranched alkanes of at least 4 members (excludes halogenated alkanes) is 3. The Morgan fingerprint density at radius 3 is 2.11 bits per heavy atom. The van der Waals surface area contributed by atoms with Gasteiger partial charge in [0.05, 0.1) is 5.57 Å². The zero-order chi connectivity index (χ0) is 31.1. The monoisotopic (exact) mass is 601 g/mol. The Kier molecular flexibility index (Phi) is 9.11. The highest BCUT2D eigenvalue weighted by molar-refractivity contribution is 6.08. The number of aryl methyl sites for hydroxylation is 1. The fraction of sp³-hybridized carbons (Fsp3) is 0.219. The molecule has 6 rings (SSSR count). The number of alkyl halides is 3. The molecular weight excluding hydrogens is 575 g/mol. The van der Waals surface area contributed by atoms with Gasteiger partial charge in [-0.05, 0) is 48.7 Å². The normalized spacial score (nSPS) is 14.2. The number of aromatic nitrogens is 2. The summed E-state index contributed by atoms with van der Waals surface area (Å²) in [5.41, 5.74) is 14.5. The van der Waals surface area contributed by atoms with Crippen molar-refractivity contribution in [2.24, 2.45) is 5.11 Å². The van der Waals surface area contributed by atoms with Crippen molar-refractivity contribution in [3.05, 3.63) is 118 Å². The van der Waals surface area contributed by atoms with Gasteiger partial charge in [0.1, 0.15) is 29.7 Å². The molecule has 0 N–H and O–H groups in total. The van der Waals surface area contributed by atoms with E-state index in [9.17, 15) is 13.2 Å². The molecule has 0 radical (unpaired) electrons. The van der Waals surface area contributed by atoms with Crippen LogP contribution in [0.15, 0.2) is 90.3 Å². The van der Waals surface area contributed by atoms with E-state index in [4.69, 9.17) is 29.9 Å². The van der Waals surface area contributed by atoms with E-state index < -0.39 is 12.1 Å². The zero-order valence-electron chi connectivity index (χ0n) is 23.3. The van der Waals surface area contributed by atoms with E-state index in [0.717, 1.165) is 88.9 Å². The molecule has 0 saturated carbocycles. The van der Waals surface area contributed by atoms with Crippen LogP contribution in [-0.2, 0) is 11.3 Å². The molecule has 224 valence electrons. The van der Waals surface area contributed by atoms with Gasteiger partial charge < -0.3 is 19.4 Å². The second-order valence-corrected chi connectivity index (χ2v) is 9.86. The number of fused-ring (bicyclic) bond motifs is 4. The van der Waals surface area contributed by atoms with Gasteiger partial charge in [-0.2, -0.15) is 17.7 Å². The molecule has 0 amide bonds. The molecule has 0 aliphatic carbocycles. The number of nitrogens with zero attached hydrogens (tertiary/aromatic N) is 5. The Morgan fingerprint density at radius 1 is 0.841 bits per heavy atom. The highest BCUT2D eigenvalue weighted by Gasteiger charge is 2.36. The molecule has 0 unspecified atom stereocenters. The smallest absolute Gasteiger partial charge is 0.430 e. The molecule has 0 fully saturated rings. The van der Waals surface area contributed by atoms with Crippen LogP contribution >= 0.6 is 0 Å². The summed E-state index contributed by atoms with van der Waals surface area (Å²) in [4.78, 5) is 16.4. The first-order valence-corrected chi connectivity index (χ1v) is 13.9. The zero-order valence-corrected chi connectivity index (χ0v) is 23.3. The van der Waals surface area contributed by atoms with Gasteiger partial charge in [0.25, 0.3) is 5.69 Å². The molecule has 12 heteroatoms. The summed E-state index contributed by atoms with van der Waals surface area (Å²) in [6.07, 6.45) is 2.76. The molecular formula is C32H26F3N5O4. The van der Waals surface area contributed by atoms with E-state index in [1.54, 1.807) is 0 Å². The van der Waals surface area contributed by atoms with Gasteiger partial charge in [-0.1, -0.05) is 47.9 Å². The van der Waals surface area contributed by atoms with E-state index >= 15 is 0 Å². The largest absolute Gasteiger partial charge is 0.542 e. The molecule has 0 bridgehead atoms. The number of benzene rings is 2. The molecule has 44 heavy (non-hydrogen) atoms. The maximum Gasteiger partial charge on any atom is 0.430 e. The molecule has 0 atom stereocenters. The molecule has 2 aliphatic heterocycles. The van der Waals surface area contributed by atoms with Crippen molar-refractivity contribution in [1.82, 2.24) is 4.98 Å². The minimum absolute atomic E-state index is 0.555. The number of para-hydroxylation sites is 2. The third-order valence-corrected chi connectivity index (χ3v) is 6.98. The fourth-order valence-electron chi connectivity index (χ4n) is 5.11. The number of carbonyl (C=O) groups is 1. The Balaban J connectivity index is 0.000000493. The summed E-state index contributed by atoms with van der Waals surface area (Å²) in [5, 5.41) is 12.4. The number of halogens is 3. The maximum atomic E-state index is 10.5. The van der Waals surface area contributed by atoms with Crippen LogP contribution in [-0.4, -0.2) is 23.7 Å². The van der Waals surface area contributed by atoms with Crippen molar-refractivity contribution in [1.29, 1.82) is 0 Å². The van der Waals surface area contributed by atoms with Crippen LogP contribution < -0.4 is 19.1 Å². The van der Waals surface area contributed by atoms with E-state index in [2.05, 4.69) is 39.0 Å². The van der Waals surface area contributed by atoms with Crippen LogP contribution in [0.4, 0.5) is 13.2 Å². The molecule has 4 heterocycles. The Hall–Kier alpha value is -5.35. The lowest BCUT2D eigenvalue weighted by molar-refractivity contribution is -0.699. The molecule has 2 aliphatic rings. The molecule has 0 saturated heterocycles. The predicted molar refractivity (Wildman–Crippen MR) is 152 cm³/mol. The van der Waals surface area contributed by atoms with Crippen molar-refractivity contribution in [2.45, 2.75) is 38.4 Å². The Bertz CT molecular complexity index is 1720. The van der Waals surface area contributed by atoms with Gasteiger partial charge in [-0.25, -0.2) is 0 Å². The molecule has 9 nitrogen and oxygen atoms in total. The summed E-state index contributed by atoms with van der Waals surface area (Å²) in [6, 6.07) is 24.3. The van der Waals surface area contributed by atoms with Gasteiger partial charge in [0, 0.05) is 46.8 Å². The average molecular weight is 602 g/mol. The molecule has 2 aromatic heterocycles. The lowest BCUT2D eigenvalue weighted by Gasteiger charge is -2.27. The number of aliphatic carboxylic acids is 1. The third-order valence-electron chi connectivity index (χ3n) is 6.98. The van der Waals surface area contributed by atoms with Crippen LogP contribution in [0, 0.1) is 0 Å². The van der Waals surface area contributed by atoms with Gasteiger partial charge in [-0.3, -0.25) is 4.98 Å². The van der Waals surface area contributed by atoms with Crippen LogP contribution in [0.5, 0.6) is 23.0 Å². The van der Waals surface area contributed by atoms with Crippen molar-refractivity contribution in [3.8, 4) is 23.0 Å². The fourth-order valence-corrected chi connectivity index (χ4v) is 5.11. The number of ether oxygens (including phenoxy) is 2. The van der Waals surface area contributed by atoms with Crippen molar-refractivity contribution >= 4 is 17.1 Å². The Morgan fingerprint density at radius 2 is 1.43 bits per heavy atom. The number of hydrogen-bond donors (Lipinski definition) is 0. The second kappa shape index (κ2) is 13.3. The number of carboxylic acid groups (broad SMARTS) is 1. The van der Waals surface area contributed by atoms with E-state index in [1.165, 1.54) is 0 Å².